The van der Waals surface area contributed by atoms with E-state index in [0.717, 1.165) is 24.3 Å². The average molecular weight is 442 g/mol. The molecule has 1 aliphatic rings. The van der Waals surface area contributed by atoms with Crippen LogP contribution < -0.4 is 5.73 Å². The molecule has 0 aliphatic carbocycles. The van der Waals surface area contributed by atoms with Gasteiger partial charge in [-0.05, 0) is 23.8 Å². The Balaban J connectivity index is 1.71. The summed E-state index contributed by atoms with van der Waals surface area (Å²) >= 11 is 0. The van der Waals surface area contributed by atoms with Crippen LogP contribution in [0.4, 0.5) is 4.39 Å². The number of hydrogen-bond donors (Lipinski definition) is 2. The number of rotatable bonds is 8. The number of aromatic amines is 1. The molecule has 1 atom stereocenters. The van der Waals surface area contributed by atoms with E-state index in [4.69, 9.17) is 15.6 Å². The molecule has 1 fully saturated rings. The zero-order valence-electron chi connectivity index (χ0n) is 18.3. The Morgan fingerprint density at radius 3 is 2.59 bits per heavy atom. The molecule has 1 saturated heterocycles. The number of aromatic nitrogens is 5. The summed E-state index contributed by atoms with van der Waals surface area (Å²) in [5.74, 6) is -0.759. The van der Waals surface area contributed by atoms with Crippen molar-refractivity contribution in [1.29, 1.82) is 0 Å². The molecule has 2 aromatic heterocycles. The molecule has 32 heavy (non-hydrogen) atoms. The van der Waals surface area contributed by atoms with Gasteiger partial charge in [0.25, 0.3) is 0 Å². The van der Waals surface area contributed by atoms with Gasteiger partial charge < -0.3 is 10.5 Å². The second-order valence-corrected chi connectivity index (χ2v) is 8.81. The first-order valence-corrected chi connectivity index (χ1v) is 10.6. The number of H-pyrrole nitrogens is 1. The molecule has 1 aliphatic heterocycles. The highest BCUT2D eigenvalue weighted by molar-refractivity contribution is 5.79. The van der Waals surface area contributed by atoms with Crippen molar-refractivity contribution in [2.24, 2.45) is 11.1 Å². The highest BCUT2D eigenvalue weighted by atomic mass is 19.1. The monoisotopic (exact) mass is 441 g/mol. The highest BCUT2D eigenvalue weighted by Crippen LogP contribution is 2.35. The summed E-state index contributed by atoms with van der Waals surface area (Å²) in [5.41, 5.74) is 8.27. The lowest BCUT2D eigenvalue weighted by atomic mass is 9.82. The zero-order valence-corrected chi connectivity index (χ0v) is 18.3. The van der Waals surface area contributed by atoms with Gasteiger partial charge in [0.05, 0.1) is 19.4 Å². The summed E-state index contributed by atoms with van der Waals surface area (Å²) in [6.07, 6.45) is 2.04. The van der Waals surface area contributed by atoms with Gasteiger partial charge in [0.2, 0.25) is 5.91 Å². The van der Waals surface area contributed by atoms with E-state index in [9.17, 15) is 9.18 Å². The average Bonchev–Trinajstić information content (AvgIpc) is 3.40. The minimum absolute atomic E-state index is 0.299. The van der Waals surface area contributed by atoms with Crippen LogP contribution in [0.1, 0.15) is 31.1 Å². The normalized spacial score (nSPS) is 16.2. The Hall–Kier alpha value is -3.11. The van der Waals surface area contributed by atoms with Crippen molar-refractivity contribution in [3.05, 3.63) is 53.6 Å². The molecule has 0 bridgehead atoms. The first-order valence-electron chi connectivity index (χ1n) is 10.6. The number of hydrogen-bond acceptors (Lipinski definition) is 6. The second-order valence-electron chi connectivity index (χ2n) is 8.81. The summed E-state index contributed by atoms with van der Waals surface area (Å²) in [6.45, 7) is 7.67. The van der Waals surface area contributed by atoms with Gasteiger partial charge in [-0.15, -0.1) is 0 Å². The molecule has 1 amide bonds. The standard InChI is InChI=1S/C22H28FN7O2/c1-22(2,14-29-7-9-32-10-8-29)20(21(24)31)30-17(11-15-3-5-16(23)6-4-15)12-18(27-30)19-13-25-28-26-19/h3-6,12-13,20H,7-11,14H2,1-2H3,(H2,24,31)(H,25,26,28). The van der Waals surface area contributed by atoms with Crippen molar-refractivity contribution in [2.75, 3.05) is 32.8 Å². The Bertz CT molecular complexity index is 1040. The molecule has 0 spiro atoms. The van der Waals surface area contributed by atoms with Gasteiger partial charge in [0.1, 0.15) is 23.2 Å². The molecule has 0 saturated carbocycles. The number of nitrogens with zero attached hydrogens (tertiary/aromatic N) is 5. The quantitative estimate of drug-likeness (QED) is 0.551. The van der Waals surface area contributed by atoms with E-state index in [2.05, 4.69) is 20.3 Å². The van der Waals surface area contributed by atoms with Gasteiger partial charge in [0.15, 0.2) is 0 Å². The third kappa shape index (κ3) is 4.86. The smallest absolute Gasteiger partial charge is 0.242 e. The molecule has 3 N–H and O–H groups in total. The van der Waals surface area contributed by atoms with Crippen molar-refractivity contribution in [1.82, 2.24) is 30.1 Å². The second kappa shape index (κ2) is 9.17. The number of morpholine rings is 1. The molecular formula is C22H28FN7O2. The number of primary amides is 1. The van der Waals surface area contributed by atoms with E-state index >= 15 is 0 Å². The molecule has 1 unspecified atom stereocenters. The minimum Gasteiger partial charge on any atom is -0.379 e. The zero-order chi connectivity index (χ0) is 22.7. The van der Waals surface area contributed by atoms with Crippen LogP contribution in [0, 0.1) is 11.2 Å². The fraction of sp³-hybridized carbons (Fsp3) is 0.455. The van der Waals surface area contributed by atoms with Crippen LogP contribution in [0.3, 0.4) is 0 Å². The first-order chi connectivity index (χ1) is 15.3. The van der Waals surface area contributed by atoms with Crippen LogP contribution in [0.15, 0.2) is 36.5 Å². The predicted molar refractivity (Wildman–Crippen MR) is 116 cm³/mol. The molecule has 9 nitrogen and oxygen atoms in total. The number of nitrogens with one attached hydrogen (secondary N) is 1. The van der Waals surface area contributed by atoms with Crippen LogP contribution in [-0.4, -0.2) is 68.8 Å². The molecule has 3 aromatic rings. The summed E-state index contributed by atoms with van der Waals surface area (Å²) in [5, 5.41) is 15.3. The maximum absolute atomic E-state index is 13.4. The Morgan fingerprint density at radius 2 is 1.97 bits per heavy atom. The predicted octanol–water partition coefficient (Wildman–Crippen LogP) is 1.78. The first kappa shape index (κ1) is 22.1. The number of amides is 1. The van der Waals surface area contributed by atoms with E-state index in [0.29, 0.717) is 37.6 Å². The lowest BCUT2D eigenvalue weighted by Crippen LogP contribution is -2.48. The number of carbonyl (C=O) groups is 1. The van der Waals surface area contributed by atoms with Gasteiger partial charge >= 0.3 is 0 Å². The third-order valence-electron chi connectivity index (χ3n) is 5.78. The van der Waals surface area contributed by atoms with Gasteiger partial charge in [0, 0.05) is 37.2 Å². The summed E-state index contributed by atoms with van der Waals surface area (Å²) < 4.78 is 20.6. The molecule has 0 radical (unpaired) electrons. The molecular weight excluding hydrogens is 413 g/mol. The SMILES string of the molecule is CC(C)(CN1CCOCC1)C(C(N)=O)n1nc(-c2cn[nH]n2)cc1Cc1ccc(F)cc1. The van der Waals surface area contributed by atoms with E-state index in [-0.39, 0.29) is 5.82 Å². The fourth-order valence-corrected chi connectivity index (χ4v) is 4.31. The van der Waals surface area contributed by atoms with Crippen molar-refractivity contribution in [3.63, 3.8) is 0 Å². The van der Waals surface area contributed by atoms with E-state index in [1.54, 1.807) is 23.0 Å². The van der Waals surface area contributed by atoms with Crippen LogP contribution in [0.25, 0.3) is 11.4 Å². The van der Waals surface area contributed by atoms with E-state index in [1.807, 2.05) is 19.9 Å². The van der Waals surface area contributed by atoms with Gasteiger partial charge in [-0.2, -0.15) is 20.5 Å². The Kier molecular flexibility index (Phi) is 6.33. The Morgan fingerprint density at radius 1 is 1.25 bits per heavy atom. The van der Waals surface area contributed by atoms with Crippen molar-refractivity contribution in [2.45, 2.75) is 26.3 Å². The Labute approximate surface area is 185 Å². The van der Waals surface area contributed by atoms with Gasteiger partial charge in [-0.25, -0.2) is 4.39 Å². The summed E-state index contributed by atoms with van der Waals surface area (Å²) in [4.78, 5) is 15.0. The molecule has 1 aromatic carbocycles. The number of ether oxygens (including phenoxy) is 1. The van der Waals surface area contributed by atoms with Crippen LogP contribution in [0.2, 0.25) is 0 Å². The lowest BCUT2D eigenvalue weighted by molar-refractivity contribution is -0.125. The number of nitrogens with two attached hydrogens (primary N) is 1. The van der Waals surface area contributed by atoms with E-state index in [1.165, 1.54) is 12.1 Å². The number of halogens is 1. The summed E-state index contributed by atoms with van der Waals surface area (Å²) in [6, 6.07) is 7.47. The number of carbonyl (C=O) groups excluding carboxylic acids is 1. The van der Waals surface area contributed by atoms with Crippen LogP contribution in [-0.2, 0) is 16.0 Å². The maximum atomic E-state index is 13.4. The highest BCUT2D eigenvalue weighted by Gasteiger charge is 2.39. The minimum atomic E-state index is -0.693. The van der Waals surface area contributed by atoms with Crippen molar-refractivity contribution >= 4 is 5.91 Å². The topological polar surface area (TPSA) is 115 Å². The van der Waals surface area contributed by atoms with Crippen LogP contribution in [0.5, 0.6) is 0 Å². The summed E-state index contributed by atoms with van der Waals surface area (Å²) in [7, 11) is 0. The van der Waals surface area contributed by atoms with Gasteiger partial charge in [-0.3, -0.25) is 14.4 Å². The molecule has 3 heterocycles. The van der Waals surface area contributed by atoms with Crippen molar-refractivity contribution < 1.29 is 13.9 Å². The maximum Gasteiger partial charge on any atom is 0.242 e. The van der Waals surface area contributed by atoms with Gasteiger partial charge in [-0.1, -0.05) is 26.0 Å². The van der Waals surface area contributed by atoms with Crippen LogP contribution >= 0.6 is 0 Å². The molecule has 4 rings (SSSR count). The molecule has 170 valence electrons. The van der Waals surface area contributed by atoms with Crippen molar-refractivity contribution in [3.8, 4) is 11.4 Å². The van der Waals surface area contributed by atoms with E-state index < -0.39 is 17.4 Å². The lowest BCUT2D eigenvalue weighted by Gasteiger charge is -2.39. The third-order valence-corrected chi connectivity index (χ3v) is 5.78. The largest absolute Gasteiger partial charge is 0.379 e. The molecule has 10 heteroatoms. The number of benzene rings is 1. The fourth-order valence-electron chi connectivity index (χ4n) is 4.31.